The quantitative estimate of drug-likeness (QED) is 0.812. The fraction of sp³-hybridized carbons (Fsp3) is 0.467. The first kappa shape index (κ1) is 17.1. The number of hydrogen-bond donors (Lipinski definition) is 2. The molecule has 6 heteroatoms. The van der Waals surface area contributed by atoms with E-state index in [9.17, 15) is 18.4 Å². The van der Waals surface area contributed by atoms with Gasteiger partial charge in [-0.05, 0) is 30.5 Å². The molecular weight excluding hydrogens is 280 g/mol. The molecule has 21 heavy (non-hydrogen) atoms. The minimum absolute atomic E-state index is 0.0245. The van der Waals surface area contributed by atoms with Crippen LogP contribution in [-0.4, -0.2) is 23.5 Å². The number of benzene rings is 1. The lowest BCUT2D eigenvalue weighted by atomic mass is 9.97. The molecule has 0 bridgehead atoms. The van der Waals surface area contributed by atoms with Crippen molar-refractivity contribution in [3.05, 3.63) is 35.4 Å². The Kier molecular flexibility index (Phi) is 6.27. The molecule has 0 spiro atoms. The van der Waals surface area contributed by atoms with Gasteiger partial charge in [-0.3, -0.25) is 9.59 Å². The number of halogens is 2. The van der Waals surface area contributed by atoms with E-state index in [4.69, 9.17) is 5.11 Å². The van der Waals surface area contributed by atoms with Crippen LogP contribution in [0.25, 0.3) is 0 Å². The summed E-state index contributed by atoms with van der Waals surface area (Å²) in [5, 5.41) is 11.5. The summed E-state index contributed by atoms with van der Waals surface area (Å²) >= 11 is 0. The average molecular weight is 299 g/mol. The van der Waals surface area contributed by atoms with E-state index in [1.165, 1.54) is 0 Å². The minimum Gasteiger partial charge on any atom is -0.481 e. The fourth-order valence-corrected chi connectivity index (χ4v) is 1.99. The summed E-state index contributed by atoms with van der Waals surface area (Å²) in [5.41, 5.74) is -0.0526. The number of carbonyl (C=O) groups is 2. The number of carboxylic acid groups (broad SMARTS) is 1. The molecule has 4 nitrogen and oxygen atoms in total. The third-order valence-electron chi connectivity index (χ3n) is 3.01. The van der Waals surface area contributed by atoms with Crippen molar-refractivity contribution >= 4 is 11.9 Å². The molecule has 0 unspecified atom stereocenters. The summed E-state index contributed by atoms with van der Waals surface area (Å²) in [6, 6.07) is 2.88. The highest BCUT2D eigenvalue weighted by molar-refractivity contribution is 5.79. The minimum atomic E-state index is -0.985. The second-order valence-electron chi connectivity index (χ2n) is 5.38. The van der Waals surface area contributed by atoms with Crippen LogP contribution >= 0.6 is 0 Å². The standard InChI is InChI=1S/C15H19F2NO3/c1-9(2)5-11(15(20)21)8-18-14(19)7-10-6-12(16)3-4-13(10)17/h3-4,6,9,11H,5,7-8H2,1-2H3,(H,18,19)(H,20,21)/t11-/m0/s1. The SMILES string of the molecule is CC(C)C[C@@H](CNC(=O)Cc1cc(F)ccc1F)C(=O)O. The number of nitrogens with one attached hydrogen (secondary N) is 1. The van der Waals surface area contributed by atoms with Gasteiger partial charge in [-0.2, -0.15) is 0 Å². The van der Waals surface area contributed by atoms with E-state index < -0.39 is 29.4 Å². The van der Waals surface area contributed by atoms with Crippen LogP contribution in [0.5, 0.6) is 0 Å². The van der Waals surface area contributed by atoms with Crippen LogP contribution in [0.4, 0.5) is 8.78 Å². The van der Waals surface area contributed by atoms with Gasteiger partial charge in [0.2, 0.25) is 5.91 Å². The molecule has 0 aromatic heterocycles. The molecule has 1 aromatic rings. The van der Waals surface area contributed by atoms with Gasteiger partial charge >= 0.3 is 5.97 Å². The molecule has 0 aliphatic carbocycles. The van der Waals surface area contributed by atoms with Crippen LogP contribution in [0.3, 0.4) is 0 Å². The second kappa shape index (κ2) is 7.71. The Labute approximate surface area is 122 Å². The first-order valence-corrected chi connectivity index (χ1v) is 6.73. The van der Waals surface area contributed by atoms with E-state index in [2.05, 4.69) is 5.32 Å². The van der Waals surface area contributed by atoms with E-state index in [-0.39, 0.29) is 24.4 Å². The summed E-state index contributed by atoms with van der Waals surface area (Å²) in [6.45, 7) is 3.75. The number of amides is 1. The lowest BCUT2D eigenvalue weighted by Gasteiger charge is -2.15. The molecule has 0 aliphatic heterocycles. The van der Waals surface area contributed by atoms with E-state index in [0.717, 1.165) is 18.2 Å². The second-order valence-corrected chi connectivity index (χ2v) is 5.38. The summed E-state index contributed by atoms with van der Waals surface area (Å²) in [7, 11) is 0. The third kappa shape index (κ3) is 5.89. The maximum absolute atomic E-state index is 13.4. The largest absolute Gasteiger partial charge is 0.481 e. The Morgan fingerprint density at radius 2 is 1.95 bits per heavy atom. The maximum Gasteiger partial charge on any atom is 0.308 e. The van der Waals surface area contributed by atoms with Crippen molar-refractivity contribution in [3.63, 3.8) is 0 Å². The van der Waals surface area contributed by atoms with Gasteiger partial charge in [0.1, 0.15) is 11.6 Å². The van der Waals surface area contributed by atoms with Gasteiger partial charge in [-0.25, -0.2) is 8.78 Å². The zero-order chi connectivity index (χ0) is 16.0. The van der Waals surface area contributed by atoms with Crippen molar-refractivity contribution in [2.24, 2.45) is 11.8 Å². The van der Waals surface area contributed by atoms with E-state index in [1.54, 1.807) is 0 Å². The number of carbonyl (C=O) groups excluding carboxylic acids is 1. The molecule has 2 N–H and O–H groups in total. The van der Waals surface area contributed by atoms with E-state index in [1.807, 2.05) is 13.8 Å². The Hall–Kier alpha value is -1.98. The molecule has 1 aromatic carbocycles. The molecule has 1 atom stereocenters. The van der Waals surface area contributed by atoms with Crippen LogP contribution in [0.15, 0.2) is 18.2 Å². The zero-order valence-corrected chi connectivity index (χ0v) is 12.0. The smallest absolute Gasteiger partial charge is 0.308 e. The third-order valence-corrected chi connectivity index (χ3v) is 3.01. The van der Waals surface area contributed by atoms with Crippen molar-refractivity contribution in [2.75, 3.05) is 6.54 Å². The summed E-state index contributed by atoms with van der Waals surface area (Å²) in [6.07, 6.45) is 0.113. The molecule has 0 aliphatic rings. The van der Waals surface area contributed by atoms with Crippen LogP contribution in [0, 0.1) is 23.5 Å². The van der Waals surface area contributed by atoms with Crippen LogP contribution < -0.4 is 5.32 Å². The molecule has 0 heterocycles. The van der Waals surface area contributed by atoms with Crippen molar-refractivity contribution in [1.29, 1.82) is 0 Å². The monoisotopic (exact) mass is 299 g/mol. The summed E-state index contributed by atoms with van der Waals surface area (Å²) in [4.78, 5) is 22.7. The highest BCUT2D eigenvalue weighted by Crippen LogP contribution is 2.12. The predicted octanol–water partition coefficient (Wildman–Crippen LogP) is 2.37. The van der Waals surface area contributed by atoms with Crippen LogP contribution in [0.1, 0.15) is 25.8 Å². The van der Waals surface area contributed by atoms with Gasteiger partial charge in [0.25, 0.3) is 0 Å². The molecule has 116 valence electrons. The molecule has 1 rings (SSSR count). The molecule has 1 amide bonds. The van der Waals surface area contributed by atoms with Gasteiger partial charge in [-0.15, -0.1) is 0 Å². The number of rotatable bonds is 7. The van der Waals surface area contributed by atoms with Gasteiger partial charge in [0.15, 0.2) is 0 Å². The van der Waals surface area contributed by atoms with Crippen molar-refractivity contribution in [2.45, 2.75) is 26.7 Å². The summed E-state index contributed by atoms with van der Waals surface area (Å²) in [5.74, 6) is -3.31. The molecule has 0 saturated carbocycles. The Balaban J connectivity index is 2.57. The number of aliphatic carboxylic acids is 1. The fourth-order valence-electron chi connectivity index (χ4n) is 1.99. The highest BCUT2D eigenvalue weighted by atomic mass is 19.1. The van der Waals surface area contributed by atoms with E-state index >= 15 is 0 Å². The normalized spacial score (nSPS) is 12.2. The maximum atomic E-state index is 13.4. The van der Waals surface area contributed by atoms with E-state index in [0.29, 0.717) is 6.42 Å². The molecule has 0 radical (unpaired) electrons. The Bertz CT molecular complexity index is 518. The first-order valence-electron chi connectivity index (χ1n) is 6.73. The van der Waals surface area contributed by atoms with Gasteiger partial charge in [0, 0.05) is 12.1 Å². The topological polar surface area (TPSA) is 66.4 Å². The highest BCUT2D eigenvalue weighted by Gasteiger charge is 2.20. The van der Waals surface area contributed by atoms with Gasteiger partial charge in [0.05, 0.1) is 12.3 Å². The zero-order valence-electron chi connectivity index (χ0n) is 12.0. The van der Waals surface area contributed by atoms with Gasteiger partial charge in [-0.1, -0.05) is 13.8 Å². The van der Waals surface area contributed by atoms with Crippen molar-refractivity contribution < 1.29 is 23.5 Å². The Morgan fingerprint density at radius 3 is 2.52 bits per heavy atom. The summed E-state index contributed by atoms with van der Waals surface area (Å²) < 4.78 is 26.4. The van der Waals surface area contributed by atoms with Crippen molar-refractivity contribution in [3.8, 4) is 0 Å². The molecular formula is C15H19F2NO3. The number of hydrogen-bond acceptors (Lipinski definition) is 2. The van der Waals surface area contributed by atoms with Crippen LogP contribution in [0.2, 0.25) is 0 Å². The molecule has 0 fully saturated rings. The Morgan fingerprint density at radius 1 is 1.29 bits per heavy atom. The van der Waals surface area contributed by atoms with Crippen LogP contribution in [-0.2, 0) is 16.0 Å². The predicted molar refractivity (Wildman–Crippen MR) is 73.7 cm³/mol. The average Bonchev–Trinajstić information content (AvgIpc) is 2.38. The lowest BCUT2D eigenvalue weighted by Crippen LogP contribution is -2.34. The van der Waals surface area contributed by atoms with Gasteiger partial charge < -0.3 is 10.4 Å². The van der Waals surface area contributed by atoms with Crippen molar-refractivity contribution in [1.82, 2.24) is 5.32 Å². The molecule has 0 saturated heterocycles. The number of carboxylic acids is 1. The lowest BCUT2D eigenvalue weighted by molar-refractivity contribution is -0.142. The first-order chi connectivity index (χ1) is 9.79.